The number of halogens is 2. The first-order chi connectivity index (χ1) is 13.5. The van der Waals surface area contributed by atoms with Crippen molar-refractivity contribution in [3.8, 4) is 0 Å². The first-order valence-electron chi connectivity index (χ1n) is 8.38. The summed E-state index contributed by atoms with van der Waals surface area (Å²) in [6, 6.07) is 9.90. The number of carbonyl (C=O) groups is 1. The number of aromatic nitrogens is 5. The molecule has 3 aromatic heterocycles. The minimum absolute atomic E-state index is 0.0375. The van der Waals surface area contributed by atoms with Crippen molar-refractivity contribution in [3.63, 3.8) is 0 Å². The Morgan fingerprint density at radius 3 is 2.68 bits per heavy atom. The van der Waals surface area contributed by atoms with Gasteiger partial charge in [0, 0.05) is 24.2 Å². The van der Waals surface area contributed by atoms with E-state index >= 15 is 0 Å². The zero-order chi connectivity index (χ0) is 19.7. The predicted octanol–water partition coefficient (Wildman–Crippen LogP) is 2.95. The molecule has 1 aromatic carbocycles. The Kier molecular flexibility index (Phi) is 4.48. The SMILES string of the molecule is Cc1ccnc2nc(C(=O)N(Cc3ccccn3)c3ccc(F)cc3F)nn12. The van der Waals surface area contributed by atoms with Gasteiger partial charge in [-0.15, -0.1) is 5.10 Å². The number of hydrogen-bond acceptors (Lipinski definition) is 5. The highest BCUT2D eigenvalue weighted by Crippen LogP contribution is 2.23. The van der Waals surface area contributed by atoms with Crippen molar-refractivity contribution in [1.82, 2.24) is 24.6 Å². The maximum Gasteiger partial charge on any atom is 0.298 e. The second-order valence-electron chi connectivity index (χ2n) is 6.04. The van der Waals surface area contributed by atoms with Crippen LogP contribution in [-0.4, -0.2) is 30.5 Å². The summed E-state index contributed by atoms with van der Waals surface area (Å²) in [5.41, 5.74) is 1.17. The van der Waals surface area contributed by atoms with Crippen LogP contribution in [0.25, 0.3) is 5.78 Å². The first kappa shape index (κ1) is 17.7. The number of pyridine rings is 1. The molecule has 140 valence electrons. The fraction of sp³-hybridized carbons (Fsp3) is 0.105. The molecule has 0 fully saturated rings. The summed E-state index contributed by atoms with van der Waals surface area (Å²) >= 11 is 0. The highest BCUT2D eigenvalue weighted by molar-refractivity contribution is 6.03. The summed E-state index contributed by atoms with van der Waals surface area (Å²) in [5, 5.41) is 4.18. The Hall–Kier alpha value is -3.75. The molecule has 0 radical (unpaired) electrons. The van der Waals surface area contributed by atoms with Crippen molar-refractivity contribution in [2.24, 2.45) is 0 Å². The van der Waals surface area contributed by atoms with Crippen LogP contribution in [0.15, 0.2) is 54.9 Å². The third kappa shape index (κ3) is 3.29. The van der Waals surface area contributed by atoms with Crippen LogP contribution < -0.4 is 4.90 Å². The summed E-state index contributed by atoms with van der Waals surface area (Å²) in [7, 11) is 0. The van der Waals surface area contributed by atoms with Gasteiger partial charge in [0.15, 0.2) is 0 Å². The number of nitrogens with zero attached hydrogens (tertiary/aromatic N) is 6. The fourth-order valence-corrected chi connectivity index (χ4v) is 2.74. The lowest BCUT2D eigenvalue weighted by Gasteiger charge is -2.21. The molecule has 0 N–H and O–H groups in total. The second-order valence-corrected chi connectivity index (χ2v) is 6.04. The van der Waals surface area contributed by atoms with Crippen LogP contribution in [0.1, 0.15) is 22.0 Å². The Morgan fingerprint density at radius 2 is 1.96 bits per heavy atom. The maximum absolute atomic E-state index is 14.4. The van der Waals surface area contributed by atoms with Gasteiger partial charge in [0.05, 0.1) is 17.9 Å². The van der Waals surface area contributed by atoms with E-state index in [0.717, 1.165) is 22.7 Å². The van der Waals surface area contributed by atoms with Crippen LogP contribution in [-0.2, 0) is 6.54 Å². The van der Waals surface area contributed by atoms with Crippen molar-refractivity contribution in [1.29, 1.82) is 0 Å². The summed E-state index contributed by atoms with van der Waals surface area (Å²) in [5.74, 6) is -2.16. The molecular formula is C19H14F2N6O. The number of anilines is 1. The van der Waals surface area contributed by atoms with E-state index in [1.165, 1.54) is 10.6 Å². The standard InChI is InChI=1S/C19H14F2N6O/c1-12-7-9-23-19-24-17(25-27(12)19)18(28)26(11-14-4-2-3-8-22-14)16-6-5-13(20)10-15(16)21/h2-10H,11H2,1H3. The normalized spacial score (nSPS) is 11.0. The molecule has 1 amide bonds. The van der Waals surface area contributed by atoms with E-state index in [9.17, 15) is 13.6 Å². The molecule has 3 heterocycles. The van der Waals surface area contributed by atoms with Crippen LogP contribution in [0.2, 0.25) is 0 Å². The third-order valence-electron chi connectivity index (χ3n) is 4.11. The zero-order valence-corrected chi connectivity index (χ0v) is 14.8. The molecule has 0 atom stereocenters. The number of aryl methyl sites for hydroxylation is 1. The van der Waals surface area contributed by atoms with Gasteiger partial charge in [0.25, 0.3) is 11.7 Å². The maximum atomic E-state index is 14.4. The lowest BCUT2D eigenvalue weighted by atomic mass is 10.2. The average Bonchev–Trinajstić information content (AvgIpc) is 3.13. The Labute approximate surface area is 158 Å². The monoisotopic (exact) mass is 380 g/mol. The summed E-state index contributed by atoms with van der Waals surface area (Å²) in [4.78, 5) is 26.7. The Balaban J connectivity index is 1.79. The van der Waals surface area contributed by atoms with Crippen molar-refractivity contribution in [3.05, 3.63) is 83.7 Å². The topological polar surface area (TPSA) is 76.3 Å². The molecule has 0 aliphatic heterocycles. The number of amides is 1. The Bertz CT molecular complexity index is 1160. The lowest BCUT2D eigenvalue weighted by Crippen LogP contribution is -2.32. The average molecular weight is 380 g/mol. The van der Waals surface area contributed by atoms with Gasteiger partial charge < -0.3 is 0 Å². The lowest BCUT2D eigenvalue weighted by molar-refractivity contribution is 0.0974. The summed E-state index contributed by atoms with van der Waals surface area (Å²) < 4.78 is 29.2. The quantitative estimate of drug-likeness (QED) is 0.544. The molecule has 7 nitrogen and oxygen atoms in total. The summed E-state index contributed by atoms with van der Waals surface area (Å²) in [6.07, 6.45) is 3.12. The minimum atomic E-state index is -0.873. The number of fused-ring (bicyclic) bond motifs is 1. The van der Waals surface area contributed by atoms with Crippen LogP contribution in [0.4, 0.5) is 14.5 Å². The van der Waals surface area contributed by atoms with E-state index in [2.05, 4.69) is 20.1 Å². The largest absolute Gasteiger partial charge is 0.298 e. The van der Waals surface area contributed by atoms with E-state index in [-0.39, 0.29) is 23.8 Å². The van der Waals surface area contributed by atoms with Gasteiger partial charge in [-0.25, -0.2) is 18.3 Å². The molecule has 0 saturated carbocycles. The van der Waals surface area contributed by atoms with Crippen molar-refractivity contribution in [2.45, 2.75) is 13.5 Å². The second kappa shape index (κ2) is 7.10. The van der Waals surface area contributed by atoms with E-state index in [1.807, 2.05) is 0 Å². The summed E-state index contributed by atoms with van der Waals surface area (Å²) in [6.45, 7) is 1.76. The molecule has 9 heteroatoms. The molecule has 0 aliphatic carbocycles. The highest BCUT2D eigenvalue weighted by atomic mass is 19.1. The number of carbonyl (C=O) groups excluding carboxylic acids is 1. The van der Waals surface area contributed by atoms with Gasteiger partial charge in [-0.3, -0.25) is 14.7 Å². The Morgan fingerprint density at radius 1 is 1.11 bits per heavy atom. The van der Waals surface area contributed by atoms with Gasteiger partial charge in [-0.05, 0) is 37.3 Å². The number of hydrogen-bond donors (Lipinski definition) is 0. The van der Waals surface area contributed by atoms with Crippen LogP contribution in [0, 0.1) is 18.6 Å². The van der Waals surface area contributed by atoms with E-state index < -0.39 is 17.5 Å². The van der Waals surface area contributed by atoms with E-state index in [0.29, 0.717) is 5.69 Å². The van der Waals surface area contributed by atoms with E-state index in [4.69, 9.17) is 0 Å². The number of rotatable bonds is 4. The molecule has 0 spiro atoms. The van der Waals surface area contributed by atoms with Crippen molar-refractivity contribution < 1.29 is 13.6 Å². The molecular weight excluding hydrogens is 366 g/mol. The molecule has 0 unspecified atom stereocenters. The smallest absolute Gasteiger partial charge is 0.297 e. The van der Waals surface area contributed by atoms with Crippen LogP contribution in [0.3, 0.4) is 0 Å². The molecule has 4 aromatic rings. The van der Waals surface area contributed by atoms with Gasteiger partial charge in [-0.1, -0.05) is 6.07 Å². The van der Waals surface area contributed by atoms with Crippen molar-refractivity contribution >= 4 is 17.4 Å². The van der Waals surface area contributed by atoms with Gasteiger partial charge in [-0.2, -0.15) is 4.98 Å². The van der Waals surface area contributed by atoms with Crippen LogP contribution >= 0.6 is 0 Å². The van der Waals surface area contributed by atoms with Gasteiger partial charge in [0.2, 0.25) is 5.82 Å². The first-order valence-corrected chi connectivity index (χ1v) is 8.38. The highest BCUT2D eigenvalue weighted by Gasteiger charge is 2.26. The number of benzene rings is 1. The molecule has 0 aliphatic rings. The molecule has 0 bridgehead atoms. The minimum Gasteiger partial charge on any atom is -0.297 e. The molecule has 4 rings (SSSR count). The van der Waals surface area contributed by atoms with Crippen LogP contribution in [0.5, 0.6) is 0 Å². The van der Waals surface area contributed by atoms with Gasteiger partial charge >= 0.3 is 0 Å². The van der Waals surface area contributed by atoms with Gasteiger partial charge in [0.1, 0.15) is 11.6 Å². The molecule has 28 heavy (non-hydrogen) atoms. The fourth-order valence-electron chi connectivity index (χ4n) is 2.74. The predicted molar refractivity (Wildman–Crippen MR) is 96.6 cm³/mol. The molecule has 0 saturated heterocycles. The van der Waals surface area contributed by atoms with E-state index in [1.54, 1.807) is 43.6 Å². The zero-order valence-electron chi connectivity index (χ0n) is 14.8. The van der Waals surface area contributed by atoms with Crippen molar-refractivity contribution in [2.75, 3.05) is 4.90 Å². The third-order valence-corrected chi connectivity index (χ3v) is 4.11.